The highest BCUT2D eigenvalue weighted by Gasteiger charge is 2.25. The zero-order chi connectivity index (χ0) is 14.8. The number of halogens is 2. The third-order valence-corrected chi connectivity index (χ3v) is 2.99. The van der Waals surface area contributed by atoms with Gasteiger partial charge in [-0.1, -0.05) is 13.3 Å². The number of hydrogen-bond acceptors (Lipinski definition) is 2. The van der Waals surface area contributed by atoms with Gasteiger partial charge in [0.1, 0.15) is 17.3 Å². The van der Waals surface area contributed by atoms with E-state index in [9.17, 15) is 13.9 Å². The summed E-state index contributed by atoms with van der Waals surface area (Å²) in [6, 6.07) is 1.03. The maximum absolute atomic E-state index is 14.2. The SMILES string of the molecule is CCCC(C)=Nc1c(F)cc(C(C)(C)O)c(F)c1C. The van der Waals surface area contributed by atoms with Crippen LogP contribution < -0.4 is 0 Å². The molecule has 0 aliphatic rings. The van der Waals surface area contributed by atoms with Gasteiger partial charge in [0.15, 0.2) is 0 Å². The Morgan fingerprint density at radius 1 is 1.37 bits per heavy atom. The summed E-state index contributed by atoms with van der Waals surface area (Å²) < 4.78 is 28.2. The van der Waals surface area contributed by atoms with Crippen molar-refractivity contribution in [1.29, 1.82) is 0 Å². The summed E-state index contributed by atoms with van der Waals surface area (Å²) in [4.78, 5) is 4.15. The minimum Gasteiger partial charge on any atom is -0.386 e. The Morgan fingerprint density at radius 3 is 2.42 bits per heavy atom. The highest BCUT2D eigenvalue weighted by molar-refractivity contribution is 5.85. The molecule has 0 amide bonds. The fraction of sp³-hybridized carbons (Fsp3) is 0.533. The predicted molar refractivity (Wildman–Crippen MR) is 74.0 cm³/mol. The molecule has 0 unspecified atom stereocenters. The molecule has 4 heteroatoms. The number of benzene rings is 1. The van der Waals surface area contributed by atoms with Crippen molar-refractivity contribution in [3.63, 3.8) is 0 Å². The van der Waals surface area contributed by atoms with Crippen molar-refractivity contribution in [2.75, 3.05) is 0 Å². The van der Waals surface area contributed by atoms with E-state index >= 15 is 0 Å². The first-order valence-electron chi connectivity index (χ1n) is 6.44. The normalized spacial score (nSPS) is 12.9. The lowest BCUT2D eigenvalue weighted by molar-refractivity contribution is 0.0740. The molecule has 0 radical (unpaired) electrons. The van der Waals surface area contributed by atoms with Crippen LogP contribution in [0.3, 0.4) is 0 Å². The van der Waals surface area contributed by atoms with Gasteiger partial charge < -0.3 is 5.11 Å². The molecule has 19 heavy (non-hydrogen) atoms. The maximum Gasteiger partial charge on any atom is 0.149 e. The van der Waals surface area contributed by atoms with Crippen molar-refractivity contribution in [3.05, 3.63) is 28.8 Å². The van der Waals surface area contributed by atoms with Gasteiger partial charge in [-0.2, -0.15) is 0 Å². The van der Waals surface area contributed by atoms with E-state index in [1.807, 2.05) is 6.92 Å². The molecule has 1 aromatic rings. The van der Waals surface area contributed by atoms with Gasteiger partial charge in [0.2, 0.25) is 0 Å². The predicted octanol–water partition coefficient (Wildman–Crippen LogP) is 4.39. The first kappa shape index (κ1) is 15.8. The van der Waals surface area contributed by atoms with Crippen LogP contribution in [0.15, 0.2) is 11.1 Å². The van der Waals surface area contributed by atoms with E-state index in [0.29, 0.717) is 0 Å². The van der Waals surface area contributed by atoms with E-state index in [1.165, 1.54) is 20.8 Å². The largest absolute Gasteiger partial charge is 0.386 e. The van der Waals surface area contributed by atoms with Crippen molar-refractivity contribution in [2.45, 2.75) is 53.1 Å². The molecule has 0 aromatic heterocycles. The van der Waals surface area contributed by atoms with Gasteiger partial charge in [-0.25, -0.2) is 8.78 Å². The van der Waals surface area contributed by atoms with Gasteiger partial charge in [-0.15, -0.1) is 0 Å². The quantitative estimate of drug-likeness (QED) is 0.808. The van der Waals surface area contributed by atoms with Crippen LogP contribution in [0, 0.1) is 18.6 Å². The lowest BCUT2D eigenvalue weighted by atomic mass is 9.95. The molecule has 0 aliphatic heterocycles. The number of aliphatic imine (C=N–C) groups is 1. The lowest BCUT2D eigenvalue weighted by Crippen LogP contribution is -2.18. The summed E-state index contributed by atoms with van der Waals surface area (Å²) in [6.07, 6.45) is 1.65. The summed E-state index contributed by atoms with van der Waals surface area (Å²) in [5.74, 6) is -1.21. The summed E-state index contributed by atoms with van der Waals surface area (Å²) >= 11 is 0. The first-order valence-corrected chi connectivity index (χ1v) is 6.44. The number of rotatable bonds is 4. The zero-order valence-electron chi connectivity index (χ0n) is 12.1. The molecule has 0 saturated carbocycles. The molecule has 0 aliphatic carbocycles. The average Bonchev–Trinajstić information content (AvgIpc) is 2.28. The molecular formula is C15H21F2NO. The molecule has 1 rings (SSSR count). The lowest BCUT2D eigenvalue weighted by Gasteiger charge is -2.20. The third kappa shape index (κ3) is 3.60. The van der Waals surface area contributed by atoms with Crippen LogP contribution in [0.1, 0.15) is 51.7 Å². The highest BCUT2D eigenvalue weighted by atomic mass is 19.1. The van der Waals surface area contributed by atoms with E-state index in [-0.39, 0.29) is 16.8 Å². The summed E-state index contributed by atoms with van der Waals surface area (Å²) in [5, 5.41) is 9.83. The zero-order valence-corrected chi connectivity index (χ0v) is 12.1. The van der Waals surface area contributed by atoms with Crippen LogP contribution in [0.4, 0.5) is 14.5 Å². The summed E-state index contributed by atoms with van der Waals surface area (Å²) in [7, 11) is 0. The molecule has 0 heterocycles. The van der Waals surface area contributed by atoms with Crippen molar-refractivity contribution in [3.8, 4) is 0 Å². The Balaban J connectivity index is 3.39. The molecule has 0 atom stereocenters. The molecular weight excluding hydrogens is 248 g/mol. The minimum absolute atomic E-state index is 0.0245. The van der Waals surface area contributed by atoms with Gasteiger partial charge in [-0.3, -0.25) is 4.99 Å². The molecule has 1 aromatic carbocycles. The molecule has 1 N–H and O–H groups in total. The van der Waals surface area contributed by atoms with Crippen LogP contribution in [0.2, 0.25) is 0 Å². The average molecular weight is 269 g/mol. The second-order valence-electron chi connectivity index (χ2n) is 5.35. The summed E-state index contributed by atoms with van der Waals surface area (Å²) in [6.45, 7) is 8.13. The van der Waals surface area contributed by atoms with Gasteiger partial charge in [0, 0.05) is 16.8 Å². The van der Waals surface area contributed by atoms with Gasteiger partial charge in [0.25, 0.3) is 0 Å². The van der Waals surface area contributed by atoms with Gasteiger partial charge >= 0.3 is 0 Å². The number of aliphatic hydroxyl groups is 1. The fourth-order valence-corrected chi connectivity index (χ4v) is 1.93. The van der Waals surface area contributed by atoms with Gasteiger partial charge in [-0.05, 0) is 40.2 Å². The van der Waals surface area contributed by atoms with Crippen LogP contribution in [0.25, 0.3) is 0 Å². The Bertz CT molecular complexity index is 502. The van der Waals surface area contributed by atoms with Crippen LogP contribution in [0.5, 0.6) is 0 Å². The Kier molecular flexibility index (Phi) is 4.80. The van der Waals surface area contributed by atoms with E-state index in [0.717, 1.165) is 24.6 Å². The first-order chi connectivity index (χ1) is 8.68. The molecule has 0 fully saturated rings. The van der Waals surface area contributed by atoms with E-state index in [2.05, 4.69) is 4.99 Å². The Morgan fingerprint density at radius 2 is 1.95 bits per heavy atom. The Labute approximate surface area is 113 Å². The topological polar surface area (TPSA) is 32.6 Å². The molecule has 0 bridgehead atoms. The fourth-order valence-electron chi connectivity index (χ4n) is 1.93. The van der Waals surface area contributed by atoms with Crippen molar-refractivity contribution < 1.29 is 13.9 Å². The van der Waals surface area contributed by atoms with Crippen LogP contribution >= 0.6 is 0 Å². The highest BCUT2D eigenvalue weighted by Crippen LogP contribution is 2.33. The van der Waals surface area contributed by atoms with Crippen molar-refractivity contribution >= 4 is 11.4 Å². The number of hydrogen-bond donors (Lipinski definition) is 1. The minimum atomic E-state index is -1.42. The van der Waals surface area contributed by atoms with Crippen LogP contribution in [-0.4, -0.2) is 10.8 Å². The number of nitrogens with zero attached hydrogens (tertiary/aromatic N) is 1. The van der Waals surface area contributed by atoms with Gasteiger partial charge in [0.05, 0.1) is 5.60 Å². The molecule has 106 valence electrons. The second kappa shape index (κ2) is 5.78. The van der Waals surface area contributed by atoms with Crippen LogP contribution in [-0.2, 0) is 5.60 Å². The smallest absolute Gasteiger partial charge is 0.149 e. The Hall–Kier alpha value is -1.29. The van der Waals surface area contributed by atoms with E-state index in [1.54, 1.807) is 6.92 Å². The second-order valence-corrected chi connectivity index (χ2v) is 5.35. The standard InChI is InChI=1S/C15H21F2NO/c1-6-7-9(2)18-14-10(3)13(17)11(8-12(14)16)15(4,5)19/h8,19H,6-7H2,1-5H3. The monoisotopic (exact) mass is 269 g/mol. The van der Waals surface area contributed by atoms with E-state index in [4.69, 9.17) is 0 Å². The maximum atomic E-state index is 14.2. The van der Waals surface area contributed by atoms with E-state index < -0.39 is 17.2 Å². The third-order valence-electron chi connectivity index (χ3n) is 2.99. The summed E-state index contributed by atoms with van der Waals surface area (Å²) in [5.41, 5.74) is -0.547. The van der Waals surface area contributed by atoms with Crippen molar-refractivity contribution in [1.82, 2.24) is 0 Å². The molecule has 0 saturated heterocycles. The molecule has 0 spiro atoms. The van der Waals surface area contributed by atoms with Crippen molar-refractivity contribution in [2.24, 2.45) is 4.99 Å². The molecule has 2 nitrogen and oxygen atoms in total.